The van der Waals surface area contributed by atoms with E-state index >= 15 is 14.4 Å². The summed E-state index contributed by atoms with van der Waals surface area (Å²) in [4.78, 5) is 253. The predicted molar refractivity (Wildman–Crippen MR) is 565 cm³/mol. The molecule has 0 saturated carbocycles. The number of nitrogens with one attached hydrogen (secondary N) is 29. The highest BCUT2D eigenvalue weighted by molar-refractivity contribution is 7.80. The van der Waals surface area contributed by atoms with Crippen molar-refractivity contribution in [2.24, 2.45) is 63.6 Å². The van der Waals surface area contributed by atoms with Gasteiger partial charge in [0.15, 0.2) is 35.8 Å². The van der Waals surface area contributed by atoms with Crippen molar-refractivity contribution in [3.05, 3.63) is 65.7 Å². The maximum Gasteiger partial charge on any atom is 0.244 e. The second-order valence-electron chi connectivity index (χ2n) is 35.3. The first-order valence-electron chi connectivity index (χ1n) is 47.7. The lowest BCUT2D eigenvalue weighted by atomic mass is 10.0. The van der Waals surface area contributed by atoms with Gasteiger partial charge in [0, 0.05) is 75.1 Å². The summed E-state index contributed by atoms with van der Waals surface area (Å²) in [6.07, 6.45) is -0.746. The summed E-state index contributed by atoms with van der Waals surface area (Å²) in [6.45, 7) is 8.12. The van der Waals surface area contributed by atoms with E-state index in [-0.39, 0.29) is 158 Å². The third kappa shape index (κ3) is 53.7. The molecule has 0 fully saturated rings. The van der Waals surface area contributed by atoms with Crippen molar-refractivity contribution >= 4 is 193 Å². The molecule has 0 aromatic heterocycles. The Bertz CT molecular complexity index is 4790. The Morgan fingerprint density at radius 3 is 0.872 bits per heavy atom. The molecule has 0 bridgehead atoms. The van der Waals surface area contributed by atoms with E-state index in [0.29, 0.717) is 17.5 Å². The quantitative estimate of drug-likeness (QED) is 0.0127. The average molecular weight is 2160 g/mol. The molecule has 15 atom stereocenters. The van der Waals surface area contributed by atoms with Gasteiger partial charge in [0.2, 0.25) is 106 Å². The van der Waals surface area contributed by atoms with Crippen LogP contribution in [0.5, 0.6) is 5.75 Å². The largest absolute Gasteiger partial charge is 0.508 e. The van der Waals surface area contributed by atoms with Crippen molar-refractivity contribution in [2.75, 3.05) is 81.9 Å². The highest BCUT2D eigenvalue weighted by atomic mass is 32.1. The number of amides is 18. The van der Waals surface area contributed by atoms with Crippen molar-refractivity contribution < 1.29 is 91.4 Å². The monoisotopic (exact) mass is 2160 g/mol. The first kappa shape index (κ1) is 130. The predicted octanol–water partition coefficient (Wildman–Crippen LogP) is -11.2. The minimum absolute atomic E-state index is 0.0158. The fourth-order valence-corrected chi connectivity index (χ4v) is 14.9. The lowest BCUT2D eigenvalue weighted by Gasteiger charge is -2.29. The second-order valence-corrected chi connectivity index (χ2v) is 36.8. The second kappa shape index (κ2) is 70.5. The fourth-order valence-electron chi connectivity index (χ4n) is 13.9. The van der Waals surface area contributed by atoms with Crippen LogP contribution in [0.15, 0.2) is 54.6 Å². The molecule has 2 aromatic carbocycles. The van der Waals surface area contributed by atoms with E-state index in [9.17, 15) is 77.0 Å². The zero-order valence-corrected chi connectivity index (χ0v) is 87.2. The van der Waals surface area contributed by atoms with E-state index in [4.69, 9.17) is 78.3 Å². The molecular weight excluding hydrogens is 2010 g/mol. The molecule has 0 radical (unpaired) electrons. The maximum absolute atomic E-state index is 15.1. The van der Waals surface area contributed by atoms with Gasteiger partial charge in [-0.05, 0) is 124 Å². The molecule has 0 spiro atoms. The van der Waals surface area contributed by atoms with E-state index in [1.165, 1.54) is 24.3 Å². The first-order chi connectivity index (χ1) is 69.8. The lowest BCUT2D eigenvalue weighted by molar-refractivity contribution is -0.136. The number of carbonyl (C=O) groups excluding carboxylic acids is 18. The number of primary amides is 1. The van der Waals surface area contributed by atoms with Crippen LogP contribution in [0.3, 0.4) is 0 Å². The summed E-state index contributed by atoms with van der Waals surface area (Å²) in [7, 11) is 0. The van der Waals surface area contributed by atoms with E-state index in [0.717, 1.165) is 0 Å². The normalized spacial score (nSPS) is 14.0. The van der Waals surface area contributed by atoms with Crippen LogP contribution in [0, 0.1) is 50.2 Å². The van der Waals surface area contributed by atoms with E-state index in [2.05, 4.69) is 173 Å². The molecule has 0 aliphatic rings. The summed E-state index contributed by atoms with van der Waals surface area (Å²) in [6, 6.07) is -8.59. The van der Waals surface area contributed by atoms with Gasteiger partial charge >= 0.3 is 0 Å². The summed E-state index contributed by atoms with van der Waals surface area (Å²) < 4.78 is 0. The molecule has 0 aliphatic heterocycles. The zero-order chi connectivity index (χ0) is 111. The molecule has 18 amide bonds. The molecule has 2 aromatic rings. The van der Waals surface area contributed by atoms with Gasteiger partial charge in [-0.3, -0.25) is 119 Å². The highest BCUT2D eigenvalue weighted by Gasteiger charge is 2.40. The molecular formula is C88H151N37O19S4. The molecule has 60 heteroatoms. The van der Waals surface area contributed by atoms with Crippen LogP contribution in [0.1, 0.15) is 136 Å². The first-order valence-corrected chi connectivity index (χ1v) is 50.2. The Morgan fingerprint density at radius 1 is 0.277 bits per heavy atom. The summed E-state index contributed by atoms with van der Waals surface area (Å²) in [5, 5.41) is 114. The van der Waals surface area contributed by atoms with E-state index < -0.39 is 270 Å². The SMILES string of the molecule is CC(C)C[C@H](NC(=O)[C@H](CCCNC(=N)N)NC(=O)CNC(=O)CNC(=O)[C@@H](N)CCCNC(=N)N)C(=O)N[C@@H](CS)C(=O)N[C@@H](Cc1ccc(O)cc1)C(=O)N[C@@H](CS)C(=O)N[C@@H](CCCNC(=N)N)C(=O)N[C@@H](CCCNC(=N)N)C(=O)N[C@@H](CCCNC(=N)N)C(=O)N[C@@H](Cc1ccccc1)C(=O)N[C@@H](CS)C(=O)N[C@H](C(=O)N[C@@H](CS)C(=O)N[C@H](C(=O)NCC(=O)N[C@@H](CCCNC(=N)N)C(N)=O)C(C)C)C(C)C. The van der Waals surface area contributed by atoms with Crippen LogP contribution in [-0.4, -0.2) is 320 Å². The van der Waals surface area contributed by atoms with Crippen molar-refractivity contribution in [1.29, 1.82) is 32.5 Å². The van der Waals surface area contributed by atoms with Gasteiger partial charge in [0.1, 0.15) is 90.3 Å². The van der Waals surface area contributed by atoms with Crippen molar-refractivity contribution in [3.63, 3.8) is 0 Å². The Kier molecular flexibility index (Phi) is 61.8. The van der Waals surface area contributed by atoms with E-state index in [1.54, 1.807) is 71.9 Å². The number of rotatable bonds is 71. The minimum atomic E-state index is -1.68. The maximum atomic E-state index is 15.1. The van der Waals surface area contributed by atoms with Gasteiger partial charge in [-0.1, -0.05) is 84.0 Å². The van der Waals surface area contributed by atoms with Gasteiger partial charge in [0.25, 0.3) is 0 Å². The number of guanidine groups is 6. The third-order valence-electron chi connectivity index (χ3n) is 21.8. The zero-order valence-electron chi connectivity index (χ0n) is 83.6. The Hall–Kier alpha value is -14.3. The molecule has 0 heterocycles. The van der Waals surface area contributed by atoms with Crippen molar-refractivity contribution in [2.45, 2.75) is 228 Å². The lowest BCUT2D eigenvalue weighted by Crippen LogP contribution is -2.62. The van der Waals surface area contributed by atoms with Gasteiger partial charge in [-0.25, -0.2) is 0 Å². The summed E-state index contributed by atoms with van der Waals surface area (Å²) in [5.41, 5.74) is 45.0. The van der Waals surface area contributed by atoms with Gasteiger partial charge < -0.3 is 173 Å². The van der Waals surface area contributed by atoms with Crippen molar-refractivity contribution in [3.8, 4) is 5.75 Å². The molecule has 826 valence electrons. The van der Waals surface area contributed by atoms with Crippen LogP contribution in [0.4, 0.5) is 0 Å². The van der Waals surface area contributed by atoms with Crippen LogP contribution in [0.2, 0.25) is 0 Å². The summed E-state index contributed by atoms with van der Waals surface area (Å²) >= 11 is 17.4. The number of benzene rings is 2. The third-order valence-corrected chi connectivity index (χ3v) is 23.3. The van der Waals surface area contributed by atoms with Gasteiger partial charge in [0.05, 0.1) is 25.7 Å². The molecule has 0 saturated heterocycles. The van der Waals surface area contributed by atoms with E-state index in [1.807, 2.05) is 0 Å². The number of thiol groups is 4. The number of phenols is 1. The minimum Gasteiger partial charge on any atom is -0.508 e. The molecule has 56 nitrogen and oxygen atoms in total. The van der Waals surface area contributed by atoms with Crippen LogP contribution in [-0.2, 0) is 99.1 Å². The van der Waals surface area contributed by atoms with Crippen molar-refractivity contribution in [1.82, 2.24) is 122 Å². The molecule has 46 N–H and O–H groups in total. The molecule has 2 rings (SSSR count). The Morgan fingerprint density at radius 2 is 0.534 bits per heavy atom. The number of nitrogens with two attached hydrogens (primary N) is 8. The number of hydrogen-bond acceptors (Lipinski definition) is 30. The number of hydrogen-bond donors (Lipinski definition) is 42. The number of carbonyl (C=O) groups is 18. The van der Waals surface area contributed by atoms with Crippen LogP contribution >= 0.6 is 50.5 Å². The van der Waals surface area contributed by atoms with Gasteiger partial charge in [-0.15, -0.1) is 0 Å². The standard InChI is InChI=1S/C88H151N37O19S4/c1-44(2)34-56(117-70(132)52(20-12-30-105-85(95)96)113-64(128)38-109-63(127)37-110-69(131)50(89)18-10-28-103-83(91)92)74(136)120-60(41-146)78(140)119-58(36-48-24-26-49(126)27-25-48)76(138)121-59(40-145)77(139)116-54(22-14-32-107-87(99)100)72(134)114-53(21-13-31-106-86(97)98)71(133)115-55(23-15-33-108-88(101)102)73(135)118-57(35-47-16-8-7-9-17-47)75(137)122-61(42-147)79(141)125-67(46(5)6)82(144)123-62(43-148)80(142)124-66(45(3)4)81(143)111-39-65(129)112-51(68(90)130)19-11-29-104-84(93)94/h7-9,16-17,24-27,44-46,50-62,66-67,126,145-148H,10-15,18-23,28-43,89H2,1-6H3,(H2,90,130)(H,109,127)(H,110,131)(H,111,143)(H,112,129)(H,113,128)(H,114,134)(H,115,133)(H,116,139)(H,117,132)(H,118,135)(H,119,140)(H,120,136)(H,121,138)(H,122,137)(H,123,144)(H,124,142)(H,125,141)(H4,91,92,103)(H4,93,94,104)(H4,95,96,105)(H4,97,98,106)(H4,99,100,107)(H4,101,102,108)/t50-,51-,52-,53-,54-,55-,56-,57-,58-,59-,60-,61-,62-,66-,67-/m0/s1. The Labute approximate surface area is 879 Å². The van der Waals surface area contributed by atoms with Crippen LogP contribution < -0.4 is 168 Å². The van der Waals surface area contributed by atoms with Crippen LogP contribution in [0.25, 0.3) is 0 Å². The molecule has 148 heavy (non-hydrogen) atoms. The smallest absolute Gasteiger partial charge is 0.244 e. The summed E-state index contributed by atoms with van der Waals surface area (Å²) in [5.74, 6) is -22.7. The van der Waals surface area contributed by atoms with Gasteiger partial charge in [-0.2, -0.15) is 50.5 Å². The topological polar surface area (TPSA) is 955 Å². The average Bonchev–Trinajstić information content (AvgIpc) is 0.847. The fraction of sp³-hybridized carbons (Fsp3) is 0.591. The Balaban J connectivity index is 2.60. The number of phenolic OH excluding ortho intramolecular Hbond substituents is 1. The molecule has 0 unspecified atom stereocenters. The highest BCUT2D eigenvalue weighted by Crippen LogP contribution is 2.17. The molecule has 0 aliphatic carbocycles. The number of aromatic hydroxyl groups is 1.